The van der Waals surface area contributed by atoms with Crippen LogP contribution in [0.4, 0.5) is 0 Å². The summed E-state index contributed by atoms with van der Waals surface area (Å²) in [5.74, 6) is 0.0461. The number of allylic oxidation sites excluding steroid dienone is 1. The third-order valence-corrected chi connectivity index (χ3v) is 3.64. The Balaban J connectivity index is 2.32. The largest absolute Gasteiger partial charge is 0.314 e. The van der Waals surface area contributed by atoms with Crippen LogP contribution in [0.15, 0.2) is 30.5 Å². The molecule has 0 fully saturated rings. The van der Waals surface area contributed by atoms with Crippen LogP contribution in [0.2, 0.25) is 0 Å². The summed E-state index contributed by atoms with van der Waals surface area (Å²) in [5.41, 5.74) is 1.69. The molecule has 0 atom stereocenters. The molecule has 1 heterocycles. The van der Waals surface area contributed by atoms with Crippen molar-refractivity contribution in [3.05, 3.63) is 45.2 Å². The zero-order chi connectivity index (χ0) is 12.4. The van der Waals surface area contributed by atoms with E-state index in [2.05, 4.69) is 22.6 Å². The molecule has 1 aliphatic rings. The van der Waals surface area contributed by atoms with Gasteiger partial charge < -0.3 is 4.90 Å². The van der Waals surface area contributed by atoms with Gasteiger partial charge in [-0.05, 0) is 47.2 Å². The highest BCUT2D eigenvalue weighted by Gasteiger charge is 2.21. The van der Waals surface area contributed by atoms with E-state index in [4.69, 9.17) is 0 Å². The Bertz CT molecular complexity index is 488. The minimum absolute atomic E-state index is 0.0312. The molecule has 0 N–H and O–H groups in total. The van der Waals surface area contributed by atoms with Crippen LogP contribution >= 0.6 is 22.6 Å². The second kappa shape index (κ2) is 5.00. The van der Waals surface area contributed by atoms with Crippen LogP contribution in [0.25, 0.3) is 0 Å². The van der Waals surface area contributed by atoms with E-state index in [1.807, 2.05) is 25.1 Å². The summed E-state index contributed by atoms with van der Waals surface area (Å²) in [7, 11) is 0. The van der Waals surface area contributed by atoms with Crippen molar-refractivity contribution in [1.29, 1.82) is 0 Å². The molecule has 0 spiro atoms. The second-order valence-electron chi connectivity index (χ2n) is 3.96. The zero-order valence-corrected chi connectivity index (χ0v) is 11.6. The summed E-state index contributed by atoms with van der Waals surface area (Å²) in [6, 6.07) is 5.78. The van der Waals surface area contributed by atoms with Gasteiger partial charge in [0.1, 0.15) is 0 Å². The molecule has 0 saturated carbocycles. The Morgan fingerprint density at radius 3 is 2.76 bits per heavy atom. The Labute approximate surface area is 114 Å². The smallest absolute Gasteiger partial charge is 0.259 e. The van der Waals surface area contributed by atoms with Gasteiger partial charge in [-0.1, -0.05) is 12.1 Å². The fourth-order valence-corrected chi connectivity index (χ4v) is 2.64. The Morgan fingerprint density at radius 1 is 1.41 bits per heavy atom. The van der Waals surface area contributed by atoms with E-state index in [-0.39, 0.29) is 11.7 Å². The van der Waals surface area contributed by atoms with Gasteiger partial charge in [-0.15, -0.1) is 0 Å². The summed E-state index contributed by atoms with van der Waals surface area (Å²) in [6.07, 6.45) is 3.45. The highest BCUT2D eigenvalue weighted by Crippen LogP contribution is 2.19. The summed E-state index contributed by atoms with van der Waals surface area (Å²) < 4.78 is 0.942. The molecule has 1 aliphatic heterocycles. The molecule has 88 valence electrons. The molecule has 1 aromatic rings. The minimum Gasteiger partial charge on any atom is -0.314 e. The number of benzene rings is 1. The lowest BCUT2D eigenvalue weighted by Gasteiger charge is -2.22. The average molecular weight is 341 g/mol. The molecule has 0 radical (unpaired) electrons. The first-order valence-electron chi connectivity index (χ1n) is 5.36. The number of amides is 1. The molecule has 1 amide bonds. The van der Waals surface area contributed by atoms with Gasteiger partial charge in [0.25, 0.3) is 5.91 Å². The predicted molar refractivity (Wildman–Crippen MR) is 73.7 cm³/mol. The van der Waals surface area contributed by atoms with Crippen LogP contribution in [0.5, 0.6) is 0 Å². The first-order chi connectivity index (χ1) is 8.09. The van der Waals surface area contributed by atoms with Gasteiger partial charge in [0.2, 0.25) is 0 Å². The molecule has 0 bridgehead atoms. The molecular formula is C13H12INO2. The van der Waals surface area contributed by atoms with E-state index in [9.17, 15) is 9.59 Å². The van der Waals surface area contributed by atoms with Crippen molar-refractivity contribution in [3.63, 3.8) is 0 Å². The molecule has 0 aliphatic carbocycles. The Hall–Kier alpha value is -1.17. The highest BCUT2D eigenvalue weighted by atomic mass is 127. The molecule has 3 nitrogen and oxygen atoms in total. The van der Waals surface area contributed by atoms with Gasteiger partial charge in [-0.2, -0.15) is 0 Å². The van der Waals surface area contributed by atoms with Crippen molar-refractivity contribution in [1.82, 2.24) is 4.90 Å². The third-order valence-electron chi connectivity index (χ3n) is 2.74. The van der Waals surface area contributed by atoms with Gasteiger partial charge in [-0.3, -0.25) is 9.59 Å². The van der Waals surface area contributed by atoms with E-state index in [1.165, 1.54) is 6.08 Å². The minimum atomic E-state index is -0.0312. The fraction of sp³-hybridized carbons (Fsp3) is 0.231. The summed E-state index contributed by atoms with van der Waals surface area (Å²) in [5, 5.41) is 0. The Morgan fingerprint density at radius 2 is 2.18 bits per heavy atom. The number of halogens is 1. The van der Waals surface area contributed by atoms with Crippen molar-refractivity contribution in [2.75, 3.05) is 6.54 Å². The fourth-order valence-electron chi connectivity index (χ4n) is 1.78. The zero-order valence-electron chi connectivity index (χ0n) is 9.44. The van der Waals surface area contributed by atoms with Crippen LogP contribution in [0, 0.1) is 10.5 Å². The lowest BCUT2D eigenvalue weighted by Crippen LogP contribution is -2.31. The maximum absolute atomic E-state index is 12.3. The van der Waals surface area contributed by atoms with Crippen molar-refractivity contribution in [2.24, 2.45) is 0 Å². The van der Waals surface area contributed by atoms with Crippen molar-refractivity contribution in [2.45, 2.75) is 13.3 Å². The van der Waals surface area contributed by atoms with Gasteiger partial charge in [-0.25, -0.2) is 0 Å². The van der Waals surface area contributed by atoms with E-state index in [0.717, 1.165) is 14.7 Å². The first-order valence-corrected chi connectivity index (χ1v) is 6.44. The molecule has 17 heavy (non-hydrogen) atoms. The summed E-state index contributed by atoms with van der Waals surface area (Å²) >= 11 is 2.16. The normalized spacial score (nSPS) is 15.2. The number of hydrogen-bond donors (Lipinski definition) is 0. The van der Waals surface area contributed by atoms with Crippen LogP contribution in [-0.2, 0) is 4.79 Å². The van der Waals surface area contributed by atoms with Crippen molar-refractivity contribution >= 4 is 34.3 Å². The van der Waals surface area contributed by atoms with Gasteiger partial charge >= 0.3 is 0 Å². The number of ketones is 1. The standard InChI is InChI=1S/C13H12INO2/c1-9-3-2-4-11(14)12(9)13(17)15-7-5-10(16)6-8-15/h2-5,7H,6,8H2,1H3. The van der Waals surface area contributed by atoms with Gasteiger partial charge in [0.15, 0.2) is 5.78 Å². The maximum atomic E-state index is 12.3. The monoisotopic (exact) mass is 341 g/mol. The van der Waals surface area contributed by atoms with Crippen molar-refractivity contribution in [3.8, 4) is 0 Å². The molecule has 0 aromatic heterocycles. The lowest BCUT2D eigenvalue weighted by atomic mass is 10.1. The second-order valence-corrected chi connectivity index (χ2v) is 5.12. The van der Waals surface area contributed by atoms with E-state index >= 15 is 0 Å². The van der Waals surface area contributed by atoms with Crippen LogP contribution in [0.1, 0.15) is 22.3 Å². The maximum Gasteiger partial charge on any atom is 0.259 e. The van der Waals surface area contributed by atoms with Crippen molar-refractivity contribution < 1.29 is 9.59 Å². The molecular weight excluding hydrogens is 329 g/mol. The topological polar surface area (TPSA) is 37.4 Å². The molecule has 0 unspecified atom stereocenters. The van der Waals surface area contributed by atoms with Crippen LogP contribution in [0.3, 0.4) is 0 Å². The first kappa shape index (κ1) is 12.3. The SMILES string of the molecule is Cc1cccc(I)c1C(=O)N1C=CC(=O)CC1. The quantitative estimate of drug-likeness (QED) is 0.736. The molecule has 0 saturated heterocycles. The predicted octanol–water partition coefficient (Wildman–Crippen LogP) is 2.53. The molecule has 2 rings (SSSR count). The molecule has 4 heteroatoms. The number of nitrogens with zero attached hydrogens (tertiary/aromatic N) is 1. The number of aryl methyl sites for hydroxylation is 1. The van der Waals surface area contributed by atoms with E-state index in [1.54, 1.807) is 11.1 Å². The summed E-state index contributed by atoms with van der Waals surface area (Å²) in [6.45, 7) is 2.40. The number of carbonyl (C=O) groups is 2. The van der Waals surface area contributed by atoms with Gasteiger partial charge in [0, 0.05) is 22.7 Å². The highest BCUT2D eigenvalue weighted by molar-refractivity contribution is 14.1. The van der Waals surface area contributed by atoms with E-state index < -0.39 is 0 Å². The average Bonchev–Trinajstić information content (AvgIpc) is 2.29. The number of carbonyl (C=O) groups excluding carboxylic acids is 2. The summed E-state index contributed by atoms with van der Waals surface area (Å²) in [4.78, 5) is 25.0. The number of hydrogen-bond acceptors (Lipinski definition) is 2. The van der Waals surface area contributed by atoms with Crippen LogP contribution < -0.4 is 0 Å². The van der Waals surface area contributed by atoms with Gasteiger partial charge in [0.05, 0.1) is 5.56 Å². The Kier molecular flexibility index (Phi) is 3.61. The molecule has 1 aromatic carbocycles. The third kappa shape index (κ3) is 2.57. The van der Waals surface area contributed by atoms with E-state index in [0.29, 0.717) is 13.0 Å². The van der Waals surface area contributed by atoms with Crippen LogP contribution in [-0.4, -0.2) is 23.1 Å². The lowest BCUT2D eigenvalue weighted by molar-refractivity contribution is -0.115. The number of rotatable bonds is 1.